The molecule has 6 nitrogen and oxygen atoms in total. The molecule has 174 valence electrons. The van der Waals surface area contributed by atoms with Gasteiger partial charge in [-0.3, -0.25) is 9.69 Å². The van der Waals surface area contributed by atoms with Crippen LogP contribution in [0.15, 0.2) is 53.5 Å². The summed E-state index contributed by atoms with van der Waals surface area (Å²) in [7, 11) is 1.64. The van der Waals surface area contributed by atoms with Gasteiger partial charge in [0.25, 0.3) is 5.91 Å². The maximum atomic E-state index is 11.8. The second-order valence-corrected chi connectivity index (χ2v) is 7.98. The van der Waals surface area contributed by atoms with E-state index in [1.165, 1.54) is 43.5 Å². The van der Waals surface area contributed by atoms with Crippen molar-refractivity contribution in [1.29, 1.82) is 0 Å². The van der Waals surface area contributed by atoms with Crippen molar-refractivity contribution in [3.05, 3.63) is 70.8 Å². The van der Waals surface area contributed by atoms with Crippen molar-refractivity contribution in [2.75, 3.05) is 26.7 Å². The molecule has 32 heavy (non-hydrogen) atoms. The van der Waals surface area contributed by atoms with Crippen molar-refractivity contribution in [2.45, 2.75) is 45.8 Å². The fourth-order valence-electron chi connectivity index (χ4n) is 3.79. The lowest BCUT2D eigenvalue weighted by Gasteiger charge is -2.26. The lowest BCUT2D eigenvalue weighted by atomic mass is 10.1. The van der Waals surface area contributed by atoms with Crippen molar-refractivity contribution in [3.8, 4) is 0 Å². The molecule has 1 heterocycles. The highest BCUT2D eigenvalue weighted by Gasteiger charge is 2.10. The number of guanidine groups is 1. The van der Waals surface area contributed by atoms with Gasteiger partial charge in [0.2, 0.25) is 0 Å². The van der Waals surface area contributed by atoms with Gasteiger partial charge >= 0.3 is 0 Å². The van der Waals surface area contributed by atoms with Gasteiger partial charge in [0.05, 0.1) is 6.54 Å². The third-order valence-corrected chi connectivity index (χ3v) is 5.52. The van der Waals surface area contributed by atoms with Crippen LogP contribution in [0.3, 0.4) is 0 Å². The highest BCUT2D eigenvalue weighted by atomic mass is 127. The molecule has 0 saturated carbocycles. The van der Waals surface area contributed by atoms with Crippen LogP contribution in [0.4, 0.5) is 0 Å². The minimum atomic E-state index is -0.0837. The van der Waals surface area contributed by atoms with E-state index < -0.39 is 0 Å². The number of piperidine rings is 1. The van der Waals surface area contributed by atoms with E-state index in [1.807, 2.05) is 24.3 Å². The molecule has 1 aliphatic rings. The van der Waals surface area contributed by atoms with E-state index in [0.717, 1.165) is 24.6 Å². The Morgan fingerprint density at radius 3 is 2.38 bits per heavy atom. The van der Waals surface area contributed by atoms with Gasteiger partial charge in [-0.1, -0.05) is 42.8 Å². The number of nitrogens with one attached hydrogen (secondary N) is 3. The SMILES string of the molecule is CCNC(=NCc1cccc(C(=O)NC)c1)NCc1ccc(CN2CCCCC2)cc1.I. The third-order valence-electron chi connectivity index (χ3n) is 5.52. The van der Waals surface area contributed by atoms with Gasteiger partial charge in [-0.05, 0) is 61.7 Å². The van der Waals surface area contributed by atoms with Crippen LogP contribution in [-0.4, -0.2) is 43.4 Å². The normalized spacial score (nSPS) is 14.4. The summed E-state index contributed by atoms with van der Waals surface area (Å²) in [4.78, 5) is 19.1. The molecule has 1 saturated heterocycles. The van der Waals surface area contributed by atoms with E-state index >= 15 is 0 Å². The predicted molar refractivity (Wildman–Crippen MR) is 142 cm³/mol. The number of hydrogen-bond donors (Lipinski definition) is 3. The number of rotatable bonds is 8. The fourth-order valence-corrected chi connectivity index (χ4v) is 3.79. The maximum Gasteiger partial charge on any atom is 0.251 e. The van der Waals surface area contributed by atoms with E-state index in [0.29, 0.717) is 18.7 Å². The third kappa shape index (κ3) is 8.43. The average molecular weight is 550 g/mol. The number of benzene rings is 2. The van der Waals surface area contributed by atoms with Gasteiger partial charge in [-0.25, -0.2) is 4.99 Å². The quantitative estimate of drug-likeness (QED) is 0.266. The number of nitrogens with zero attached hydrogens (tertiary/aromatic N) is 2. The average Bonchev–Trinajstić information content (AvgIpc) is 2.82. The molecule has 0 bridgehead atoms. The summed E-state index contributed by atoms with van der Waals surface area (Å²) in [5.41, 5.74) is 4.26. The highest BCUT2D eigenvalue weighted by Crippen LogP contribution is 2.13. The molecule has 0 spiro atoms. The monoisotopic (exact) mass is 549 g/mol. The predicted octanol–water partition coefficient (Wildman–Crippen LogP) is 3.91. The molecule has 1 aliphatic heterocycles. The van der Waals surface area contributed by atoms with Crippen molar-refractivity contribution in [1.82, 2.24) is 20.9 Å². The molecular weight excluding hydrogens is 513 g/mol. The van der Waals surface area contributed by atoms with Gasteiger partial charge in [0, 0.05) is 32.2 Å². The molecule has 1 amide bonds. The molecule has 0 radical (unpaired) electrons. The second-order valence-electron chi connectivity index (χ2n) is 7.98. The Morgan fingerprint density at radius 1 is 0.969 bits per heavy atom. The smallest absolute Gasteiger partial charge is 0.251 e. The largest absolute Gasteiger partial charge is 0.357 e. The van der Waals surface area contributed by atoms with Crippen LogP contribution < -0.4 is 16.0 Å². The lowest BCUT2D eigenvalue weighted by Crippen LogP contribution is -2.36. The van der Waals surface area contributed by atoms with Crippen molar-refractivity contribution < 1.29 is 4.79 Å². The summed E-state index contributed by atoms with van der Waals surface area (Å²) < 4.78 is 0. The maximum absolute atomic E-state index is 11.8. The summed E-state index contributed by atoms with van der Waals surface area (Å²) in [5, 5.41) is 9.35. The number of halogens is 1. The topological polar surface area (TPSA) is 68.8 Å². The molecule has 3 rings (SSSR count). The van der Waals surface area contributed by atoms with E-state index in [9.17, 15) is 4.79 Å². The zero-order valence-electron chi connectivity index (χ0n) is 19.2. The molecule has 2 aromatic rings. The number of amides is 1. The van der Waals surface area contributed by atoms with E-state index in [1.54, 1.807) is 7.05 Å². The van der Waals surface area contributed by atoms with Gasteiger partial charge in [-0.2, -0.15) is 0 Å². The Labute approximate surface area is 209 Å². The molecule has 7 heteroatoms. The van der Waals surface area contributed by atoms with Crippen molar-refractivity contribution >= 4 is 35.8 Å². The fraction of sp³-hybridized carbons (Fsp3) is 0.440. The van der Waals surface area contributed by atoms with Gasteiger partial charge in [-0.15, -0.1) is 24.0 Å². The molecule has 0 aliphatic carbocycles. The molecule has 0 atom stereocenters. The Morgan fingerprint density at radius 2 is 1.69 bits per heavy atom. The highest BCUT2D eigenvalue weighted by molar-refractivity contribution is 14.0. The van der Waals surface area contributed by atoms with E-state index in [-0.39, 0.29) is 29.9 Å². The van der Waals surface area contributed by atoms with E-state index in [2.05, 4.69) is 57.0 Å². The second kappa shape index (κ2) is 14.1. The van der Waals surface area contributed by atoms with Crippen LogP contribution in [0.5, 0.6) is 0 Å². The first kappa shape index (κ1) is 26.1. The van der Waals surface area contributed by atoms with Crippen LogP contribution in [-0.2, 0) is 19.6 Å². The van der Waals surface area contributed by atoms with Crippen LogP contribution in [0.1, 0.15) is 53.2 Å². The van der Waals surface area contributed by atoms with Crippen LogP contribution in [0.25, 0.3) is 0 Å². The summed E-state index contributed by atoms with van der Waals surface area (Å²) in [6, 6.07) is 16.4. The summed E-state index contributed by atoms with van der Waals surface area (Å²) in [6.45, 7) is 7.56. The zero-order valence-corrected chi connectivity index (χ0v) is 21.5. The van der Waals surface area contributed by atoms with Crippen LogP contribution >= 0.6 is 24.0 Å². The number of likely N-dealkylation sites (tertiary alicyclic amines) is 1. The zero-order chi connectivity index (χ0) is 21.9. The van der Waals surface area contributed by atoms with Crippen LogP contribution in [0, 0.1) is 0 Å². The minimum absolute atomic E-state index is 0. The Hall–Kier alpha value is -2.13. The van der Waals surface area contributed by atoms with Crippen molar-refractivity contribution in [3.63, 3.8) is 0 Å². The van der Waals surface area contributed by atoms with Gasteiger partial charge in [0.15, 0.2) is 5.96 Å². The first-order valence-corrected chi connectivity index (χ1v) is 11.3. The number of carbonyl (C=O) groups excluding carboxylic acids is 1. The first-order valence-electron chi connectivity index (χ1n) is 11.3. The summed E-state index contributed by atoms with van der Waals surface area (Å²) in [5.74, 6) is 0.685. The Balaban J connectivity index is 0.00000363. The van der Waals surface area contributed by atoms with Gasteiger partial charge < -0.3 is 16.0 Å². The van der Waals surface area contributed by atoms with Crippen molar-refractivity contribution in [2.24, 2.45) is 4.99 Å². The molecule has 0 aromatic heterocycles. The molecule has 1 fully saturated rings. The van der Waals surface area contributed by atoms with E-state index in [4.69, 9.17) is 0 Å². The molecule has 2 aromatic carbocycles. The Bertz CT molecular complexity index is 863. The summed E-state index contributed by atoms with van der Waals surface area (Å²) >= 11 is 0. The lowest BCUT2D eigenvalue weighted by molar-refractivity contribution is 0.0963. The number of carbonyl (C=O) groups is 1. The number of hydrogen-bond acceptors (Lipinski definition) is 3. The molecular formula is C25H36IN5O. The molecule has 3 N–H and O–H groups in total. The number of aliphatic imine (C=N–C) groups is 1. The van der Waals surface area contributed by atoms with Crippen LogP contribution in [0.2, 0.25) is 0 Å². The summed E-state index contributed by atoms with van der Waals surface area (Å²) in [6.07, 6.45) is 4.02. The Kier molecular flexibility index (Phi) is 11.5. The first-order chi connectivity index (χ1) is 15.2. The van der Waals surface area contributed by atoms with Gasteiger partial charge in [0.1, 0.15) is 0 Å². The standard InChI is InChI=1S/C25H35N5O.HI/c1-3-27-25(29-18-22-8-7-9-23(16-22)24(31)26-2)28-17-20-10-12-21(13-11-20)19-30-14-5-4-6-15-30;/h7-13,16H,3-6,14-15,17-19H2,1-2H3,(H,26,31)(H2,27,28,29);1H. The minimum Gasteiger partial charge on any atom is -0.357 e. The molecule has 0 unspecified atom stereocenters.